The summed E-state index contributed by atoms with van der Waals surface area (Å²) in [7, 11) is 0. The van der Waals surface area contributed by atoms with E-state index in [1.807, 2.05) is 42.5 Å². The van der Waals surface area contributed by atoms with Crippen LogP contribution in [-0.4, -0.2) is 51.0 Å². The summed E-state index contributed by atoms with van der Waals surface area (Å²) in [5.74, 6) is 0.899. The third-order valence-electron chi connectivity index (χ3n) is 5.14. The van der Waals surface area contributed by atoms with Gasteiger partial charge in [0.1, 0.15) is 5.76 Å². The largest absolute Gasteiger partial charge is 0.468 e. The van der Waals surface area contributed by atoms with E-state index >= 15 is 0 Å². The number of nitrogens with one attached hydrogen (secondary N) is 2. The Labute approximate surface area is 186 Å². The molecule has 3 rings (SSSR count). The van der Waals surface area contributed by atoms with Crippen molar-refractivity contribution in [3.05, 3.63) is 70.5 Å². The van der Waals surface area contributed by atoms with E-state index < -0.39 is 0 Å². The van der Waals surface area contributed by atoms with Crippen LogP contribution in [0.4, 0.5) is 0 Å². The molecule has 2 heterocycles. The van der Waals surface area contributed by atoms with Gasteiger partial charge in [0.05, 0.1) is 18.1 Å². The molecule has 0 saturated heterocycles. The fourth-order valence-corrected chi connectivity index (χ4v) is 4.25. The quantitative estimate of drug-likeness (QED) is 0.418. The van der Waals surface area contributed by atoms with Gasteiger partial charge in [-0.1, -0.05) is 55.9 Å². The maximum atomic E-state index is 12.5. The number of thioether (sulfide) groups is 1. The van der Waals surface area contributed by atoms with Crippen LogP contribution in [0.5, 0.6) is 0 Å². The Hall–Kier alpha value is -2.78. The lowest BCUT2D eigenvalue weighted by atomic mass is 10.1. The van der Waals surface area contributed by atoms with Crippen LogP contribution in [0.25, 0.3) is 0 Å². The Bertz CT molecular complexity index is 980. The summed E-state index contributed by atoms with van der Waals surface area (Å²) in [6.45, 7) is 6.84. The first-order valence-corrected chi connectivity index (χ1v) is 11.5. The lowest BCUT2D eigenvalue weighted by Crippen LogP contribution is -2.38. The minimum atomic E-state index is -0.266. The molecule has 0 aliphatic heterocycles. The van der Waals surface area contributed by atoms with E-state index in [2.05, 4.69) is 34.3 Å². The van der Waals surface area contributed by atoms with Crippen molar-refractivity contribution in [2.45, 2.75) is 38.0 Å². The summed E-state index contributed by atoms with van der Waals surface area (Å²) < 4.78 is 7.15. The van der Waals surface area contributed by atoms with Crippen LogP contribution in [0.3, 0.4) is 0 Å². The molecule has 2 N–H and O–H groups in total. The van der Waals surface area contributed by atoms with Crippen molar-refractivity contribution in [3.63, 3.8) is 0 Å². The van der Waals surface area contributed by atoms with Gasteiger partial charge in [-0.15, -0.1) is 5.10 Å². The van der Waals surface area contributed by atoms with Gasteiger partial charge in [0.2, 0.25) is 5.91 Å². The molecule has 1 unspecified atom stereocenters. The van der Waals surface area contributed by atoms with Crippen LogP contribution in [-0.2, 0) is 17.8 Å². The van der Waals surface area contributed by atoms with E-state index in [1.165, 1.54) is 11.8 Å². The number of rotatable bonds is 12. The van der Waals surface area contributed by atoms with Gasteiger partial charge < -0.3 is 9.73 Å². The number of aromatic nitrogens is 3. The average Bonchev–Trinajstić information content (AvgIpc) is 3.44. The number of hydrogen-bond acceptors (Lipinski definition) is 6. The first-order chi connectivity index (χ1) is 15.1. The number of H-pyrrole nitrogens is 1. The fraction of sp³-hybridized carbons (Fsp3) is 0.409. The Kier molecular flexibility index (Phi) is 8.54. The molecule has 0 saturated carbocycles. The summed E-state index contributed by atoms with van der Waals surface area (Å²) in [4.78, 5) is 26.8. The molecule has 0 fully saturated rings. The minimum Gasteiger partial charge on any atom is -0.468 e. The summed E-state index contributed by atoms with van der Waals surface area (Å²) in [6, 6.07) is 13.7. The van der Waals surface area contributed by atoms with Gasteiger partial charge in [-0.25, -0.2) is 9.89 Å². The fourth-order valence-electron chi connectivity index (χ4n) is 3.44. The van der Waals surface area contributed by atoms with Gasteiger partial charge >= 0.3 is 5.69 Å². The maximum Gasteiger partial charge on any atom is 0.343 e. The molecule has 31 heavy (non-hydrogen) atoms. The van der Waals surface area contributed by atoms with Crippen LogP contribution in [0.2, 0.25) is 0 Å². The summed E-state index contributed by atoms with van der Waals surface area (Å²) in [5.41, 5.74) is 0.878. The number of hydrogen-bond donors (Lipinski definition) is 2. The second-order valence-corrected chi connectivity index (χ2v) is 7.99. The first-order valence-electron chi connectivity index (χ1n) is 10.5. The van der Waals surface area contributed by atoms with E-state index in [0.29, 0.717) is 24.7 Å². The molecule has 166 valence electrons. The Morgan fingerprint density at radius 1 is 1.23 bits per heavy atom. The molecule has 1 amide bonds. The Balaban J connectivity index is 1.54. The Morgan fingerprint density at radius 3 is 2.68 bits per heavy atom. The van der Waals surface area contributed by atoms with Crippen molar-refractivity contribution >= 4 is 17.7 Å². The number of aryl methyl sites for hydroxylation is 1. The number of carbonyl (C=O) groups is 1. The van der Waals surface area contributed by atoms with Gasteiger partial charge in [-0.2, -0.15) is 0 Å². The topological polar surface area (TPSA) is 96.2 Å². The average molecular weight is 444 g/mol. The standard InChI is InChI=1S/C22H29N5O3S/c1-3-26(4-2)18(19-11-8-14-30-19)15-23-20(28)16-31-22-25-24-21(29)27(22)13-12-17-9-6-5-7-10-17/h5-11,14,18H,3-4,12-13,15-16H2,1-2H3,(H,23,28)(H,24,29). The normalized spacial score (nSPS) is 12.2. The Morgan fingerprint density at radius 2 is 2.00 bits per heavy atom. The zero-order chi connectivity index (χ0) is 22.1. The zero-order valence-corrected chi connectivity index (χ0v) is 18.7. The third-order valence-corrected chi connectivity index (χ3v) is 6.12. The third kappa shape index (κ3) is 6.35. The number of benzene rings is 1. The number of aromatic amines is 1. The molecule has 0 spiro atoms. The highest BCUT2D eigenvalue weighted by Crippen LogP contribution is 2.20. The van der Waals surface area contributed by atoms with E-state index in [9.17, 15) is 9.59 Å². The van der Waals surface area contributed by atoms with Crippen molar-refractivity contribution in [1.29, 1.82) is 0 Å². The highest BCUT2D eigenvalue weighted by atomic mass is 32.2. The van der Waals surface area contributed by atoms with Gasteiger partial charge in [0.25, 0.3) is 0 Å². The van der Waals surface area contributed by atoms with E-state index in [0.717, 1.165) is 24.4 Å². The predicted octanol–water partition coefficient (Wildman–Crippen LogP) is 2.70. The second-order valence-electron chi connectivity index (χ2n) is 7.04. The highest BCUT2D eigenvalue weighted by Gasteiger charge is 2.21. The highest BCUT2D eigenvalue weighted by molar-refractivity contribution is 7.99. The molecule has 1 aromatic carbocycles. The molecule has 0 aliphatic rings. The molecule has 0 aliphatic carbocycles. The van der Waals surface area contributed by atoms with Crippen molar-refractivity contribution in [2.75, 3.05) is 25.4 Å². The van der Waals surface area contributed by atoms with Crippen molar-refractivity contribution in [3.8, 4) is 0 Å². The molecule has 3 aromatic rings. The lowest BCUT2D eigenvalue weighted by Gasteiger charge is -2.28. The molecular formula is C22H29N5O3S. The van der Waals surface area contributed by atoms with Crippen molar-refractivity contribution in [1.82, 2.24) is 25.0 Å². The van der Waals surface area contributed by atoms with Crippen molar-refractivity contribution in [2.24, 2.45) is 0 Å². The van der Waals surface area contributed by atoms with Gasteiger partial charge in [0, 0.05) is 13.1 Å². The molecule has 0 radical (unpaired) electrons. The lowest BCUT2D eigenvalue weighted by molar-refractivity contribution is -0.118. The molecule has 1 atom stereocenters. The number of carbonyl (C=O) groups excluding carboxylic acids is 1. The van der Waals surface area contributed by atoms with E-state index in [4.69, 9.17) is 4.42 Å². The summed E-state index contributed by atoms with van der Waals surface area (Å²) >= 11 is 1.25. The molecule has 8 nitrogen and oxygen atoms in total. The molecular weight excluding hydrogens is 414 g/mol. The van der Waals surface area contributed by atoms with Crippen LogP contribution < -0.4 is 11.0 Å². The smallest absolute Gasteiger partial charge is 0.343 e. The van der Waals surface area contributed by atoms with Crippen LogP contribution in [0.1, 0.15) is 31.2 Å². The number of furan rings is 1. The van der Waals surface area contributed by atoms with Crippen molar-refractivity contribution < 1.29 is 9.21 Å². The molecule has 9 heteroatoms. The maximum absolute atomic E-state index is 12.5. The summed E-state index contributed by atoms with van der Waals surface area (Å²) in [6.07, 6.45) is 2.37. The van der Waals surface area contributed by atoms with Crippen LogP contribution in [0, 0.1) is 0 Å². The summed E-state index contributed by atoms with van der Waals surface area (Å²) in [5, 5.41) is 10.1. The minimum absolute atomic E-state index is 0.0200. The van der Waals surface area contributed by atoms with E-state index in [-0.39, 0.29) is 23.4 Å². The van der Waals surface area contributed by atoms with Gasteiger partial charge in [-0.3, -0.25) is 14.3 Å². The monoisotopic (exact) mass is 443 g/mol. The number of likely N-dealkylation sites (N-methyl/N-ethyl adjacent to an activating group) is 1. The van der Waals surface area contributed by atoms with Crippen LogP contribution in [0.15, 0.2) is 63.1 Å². The zero-order valence-electron chi connectivity index (χ0n) is 17.9. The molecule has 2 aromatic heterocycles. The number of amides is 1. The second kappa shape index (κ2) is 11.6. The number of nitrogens with zero attached hydrogens (tertiary/aromatic N) is 3. The first kappa shape index (κ1) is 22.9. The van der Waals surface area contributed by atoms with E-state index in [1.54, 1.807) is 10.8 Å². The SMILES string of the molecule is CCN(CC)C(CNC(=O)CSc1n[nH]c(=O)n1CCc1ccccc1)c1ccco1. The van der Waals surface area contributed by atoms with Gasteiger partial charge in [0.15, 0.2) is 5.16 Å². The predicted molar refractivity (Wildman–Crippen MR) is 121 cm³/mol. The molecule has 0 bridgehead atoms. The van der Waals surface area contributed by atoms with Gasteiger partial charge in [-0.05, 0) is 37.2 Å². The van der Waals surface area contributed by atoms with Crippen LogP contribution >= 0.6 is 11.8 Å².